The first kappa shape index (κ1) is 16.1. The van der Waals surface area contributed by atoms with E-state index in [-0.39, 0.29) is 12.5 Å². The van der Waals surface area contributed by atoms with E-state index in [1.807, 2.05) is 24.3 Å². The molecule has 0 radical (unpaired) electrons. The van der Waals surface area contributed by atoms with Crippen LogP contribution in [0.1, 0.15) is 0 Å². The van der Waals surface area contributed by atoms with Gasteiger partial charge in [0.2, 0.25) is 5.91 Å². The number of benzene rings is 1. The highest BCUT2D eigenvalue weighted by Gasteiger charge is 2.21. The van der Waals surface area contributed by atoms with E-state index in [0.29, 0.717) is 13.1 Å². The Hall–Kier alpha value is -2.28. The topological polar surface area (TPSA) is 82.1 Å². The number of anilines is 1. The third-order valence-electron chi connectivity index (χ3n) is 3.52. The van der Waals surface area contributed by atoms with E-state index in [0.717, 1.165) is 24.5 Å². The number of nitrogens with zero attached hydrogens (tertiary/aromatic N) is 2. The van der Waals surface area contributed by atoms with E-state index in [2.05, 4.69) is 4.90 Å². The average Bonchev–Trinajstić information content (AvgIpc) is 2.54. The highest BCUT2D eigenvalue weighted by molar-refractivity contribution is 5.78. The predicted octanol–water partition coefficient (Wildman–Crippen LogP) is -0.890. The van der Waals surface area contributed by atoms with Crippen molar-refractivity contribution in [3.05, 3.63) is 24.3 Å². The van der Waals surface area contributed by atoms with Crippen LogP contribution in [0.4, 0.5) is 5.69 Å². The summed E-state index contributed by atoms with van der Waals surface area (Å²) in [7, 11) is 1.63. The molecule has 1 aliphatic heterocycles. The Bertz CT molecular complexity index is 509. The lowest BCUT2D eigenvalue weighted by atomic mass is 10.2. The van der Waals surface area contributed by atoms with Crippen LogP contribution in [0.2, 0.25) is 0 Å². The van der Waals surface area contributed by atoms with Gasteiger partial charge in [-0.1, -0.05) is 0 Å². The van der Waals surface area contributed by atoms with Gasteiger partial charge in [-0.05, 0) is 24.3 Å². The van der Waals surface area contributed by atoms with Crippen LogP contribution in [0.5, 0.6) is 5.75 Å². The van der Waals surface area contributed by atoms with Gasteiger partial charge in [0, 0.05) is 31.9 Å². The molecule has 1 aromatic carbocycles. The number of hydrogen-bond donors (Lipinski definition) is 0. The van der Waals surface area contributed by atoms with Crippen molar-refractivity contribution in [2.45, 2.75) is 0 Å². The molecule has 0 unspecified atom stereocenters. The Kier molecular flexibility index (Phi) is 5.60. The minimum atomic E-state index is -1.32. The molecule has 0 N–H and O–H groups in total. The molecule has 2 rings (SSSR count). The van der Waals surface area contributed by atoms with Crippen molar-refractivity contribution in [3.63, 3.8) is 0 Å². The minimum absolute atomic E-state index is 0.198. The molecule has 120 valence electrons. The molecule has 1 amide bonds. The maximum atomic E-state index is 11.9. The van der Waals surface area contributed by atoms with Gasteiger partial charge in [0.1, 0.15) is 12.4 Å². The summed E-state index contributed by atoms with van der Waals surface area (Å²) in [5.41, 5.74) is 1.08. The van der Waals surface area contributed by atoms with E-state index in [1.54, 1.807) is 12.0 Å². The van der Waals surface area contributed by atoms with Crippen molar-refractivity contribution in [3.8, 4) is 5.75 Å². The molecular formula is C15H19N2O5-. The smallest absolute Gasteiger partial charge is 0.248 e. The summed E-state index contributed by atoms with van der Waals surface area (Å²) in [6, 6.07) is 7.78. The lowest BCUT2D eigenvalue weighted by Gasteiger charge is -2.36. The molecule has 1 fully saturated rings. The SMILES string of the molecule is COc1ccc(N2CCN(C(=O)COCC(=O)[O-])CC2)cc1. The molecule has 1 heterocycles. The fourth-order valence-electron chi connectivity index (χ4n) is 2.32. The van der Waals surface area contributed by atoms with Crippen molar-refractivity contribution >= 4 is 17.6 Å². The summed E-state index contributed by atoms with van der Waals surface area (Å²) in [6.45, 7) is 1.82. The van der Waals surface area contributed by atoms with E-state index in [1.165, 1.54) is 0 Å². The van der Waals surface area contributed by atoms with Gasteiger partial charge in [-0.3, -0.25) is 4.79 Å². The number of carbonyl (C=O) groups excluding carboxylic acids is 2. The van der Waals surface area contributed by atoms with Gasteiger partial charge in [0.05, 0.1) is 19.7 Å². The Morgan fingerprint density at radius 3 is 2.27 bits per heavy atom. The zero-order valence-electron chi connectivity index (χ0n) is 12.5. The summed E-state index contributed by atoms with van der Waals surface area (Å²) in [6.07, 6.45) is 0. The van der Waals surface area contributed by atoms with Crippen LogP contribution in [0.15, 0.2) is 24.3 Å². The number of carboxylic acid groups (broad SMARTS) is 1. The van der Waals surface area contributed by atoms with Gasteiger partial charge >= 0.3 is 0 Å². The lowest BCUT2D eigenvalue weighted by Crippen LogP contribution is -2.50. The molecule has 22 heavy (non-hydrogen) atoms. The Morgan fingerprint density at radius 1 is 1.09 bits per heavy atom. The second-order valence-electron chi connectivity index (χ2n) is 4.93. The van der Waals surface area contributed by atoms with Gasteiger partial charge < -0.3 is 29.2 Å². The summed E-state index contributed by atoms with van der Waals surface area (Å²) < 4.78 is 9.89. The molecule has 1 aromatic rings. The molecule has 0 spiro atoms. The van der Waals surface area contributed by atoms with E-state index in [4.69, 9.17) is 9.47 Å². The molecule has 1 aliphatic rings. The third-order valence-corrected chi connectivity index (χ3v) is 3.52. The van der Waals surface area contributed by atoms with Crippen LogP contribution in [-0.4, -0.2) is 63.3 Å². The van der Waals surface area contributed by atoms with Crippen LogP contribution in [0.3, 0.4) is 0 Å². The monoisotopic (exact) mass is 307 g/mol. The second kappa shape index (κ2) is 7.65. The summed E-state index contributed by atoms with van der Waals surface area (Å²) >= 11 is 0. The second-order valence-corrected chi connectivity index (χ2v) is 4.93. The molecule has 0 aromatic heterocycles. The molecule has 0 aliphatic carbocycles. The average molecular weight is 307 g/mol. The first-order chi connectivity index (χ1) is 10.6. The first-order valence-corrected chi connectivity index (χ1v) is 7.04. The number of ether oxygens (including phenoxy) is 2. The van der Waals surface area contributed by atoms with Crippen molar-refractivity contribution in [1.29, 1.82) is 0 Å². The molecule has 7 nitrogen and oxygen atoms in total. The Morgan fingerprint density at radius 2 is 1.73 bits per heavy atom. The quantitative estimate of drug-likeness (QED) is 0.678. The molecule has 7 heteroatoms. The highest BCUT2D eigenvalue weighted by Crippen LogP contribution is 2.20. The van der Waals surface area contributed by atoms with Gasteiger partial charge in [-0.15, -0.1) is 0 Å². The Balaban J connectivity index is 1.79. The van der Waals surface area contributed by atoms with Crippen LogP contribution in [0.25, 0.3) is 0 Å². The number of aliphatic carboxylic acids is 1. The standard InChI is InChI=1S/C15H20N2O5/c1-21-13-4-2-12(3-5-13)16-6-8-17(9-7-16)14(18)10-22-11-15(19)20/h2-5H,6-11H2,1H3,(H,19,20)/p-1. The predicted molar refractivity (Wildman–Crippen MR) is 77.6 cm³/mol. The van der Waals surface area contributed by atoms with Crippen molar-refractivity contribution < 1.29 is 24.2 Å². The zero-order valence-corrected chi connectivity index (χ0v) is 12.5. The number of amides is 1. The summed E-state index contributed by atoms with van der Waals surface area (Å²) in [5, 5.41) is 10.2. The number of carbonyl (C=O) groups is 2. The molecule has 0 bridgehead atoms. The van der Waals surface area contributed by atoms with Crippen LogP contribution in [0, 0.1) is 0 Å². The van der Waals surface area contributed by atoms with Crippen LogP contribution in [-0.2, 0) is 14.3 Å². The van der Waals surface area contributed by atoms with E-state index < -0.39 is 12.6 Å². The van der Waals surface area contributed by atoms with Gasteiger partial charge in [-0.25, -0.2) is 0 Å². The van der Waals surface area contributed by atoms with Crippen molar-refractivity contribution in [2.75, 3.05) is 51.4 Å². The highest BCUT2D eigenvalue weighted by atomic mass is 16.5. The Labute approximate surface area is 129 Å². The number of piperazine rings is 1. The van der Waals surface area contributed by atoms with E-state index in [9.17, 15) is 14.7 Å². The van der Waals surface area contributed by atoms with E-state index >= 15 is 0 Å². The third kappa shape index (κ3) is 4.36. The summed E-state index contributed by atoms with van der Waals surface area (Å²) in [4.78, 5) is 25.9. The number of carboxylic acids is 1. The maximum absolute atomic E-state index is 11.9. The van der Waals surface area contributed by atoms with Gasteiger partial charge in [-0.2, -0.15) is 0 Å². The zero-order chi connectivity index (χ0) is 15.9. The van der Waals surface area contributed by atoms with Crippen molar-refractivity contribution in [2.24, 2.45) is 0 Å². The van der Waals surface area contributed by atoms with Crippen LogP contribution < -0.4 is 14.7 Å². The minimum Gasteiger partial charge on any atom is -0.548 e. The lowest BCUT2D eigenvalue weighted by molar-refractivity contribution is -0.309. The van der Waals surface area contributed by atoms with Crippen LogP contribution >= 0.6 is 0 Å². The molecular weight excluding hydrogens is 288 g/mol. The molecule has 0 atom stereocenters. The number of rotatable bonds is 6. The normalized spacial score (nSPS) is 14.8. The van der Waals surface area contributed by atoms with Gasteiger partial charge in [0.15, 0.2) is 0 Å². The fraction of sp³-hybridized carbons (Fsp3) is 0.467. The number of hydrogen-bond acceptors (Lipinski definition) is 6. The fourth-order valence-corrected chi connectivity index (χ4v) is 2.32. The van der Waals surface area contributed by atoms with Crippen molar-refractivity contribution in [1.82, 2.24) is 4.90 Å². The largest absolute Gasteiger partial charge is 0.548 e. The summed E-state index contributed by atoms with van der Waals surface area (Å²) in [5.74, 6) is -0.713. The van der Waals surface area contributed by atoms with Gasteiger partial charge in [0.25, 0.3) is 0 Å². The molecule has 1 saturated heterocycles. The first-order valence-electron chi connectivity index (χ1n) is 7.04. The maximum Gasteiger partial charge on any atom is 0.248 e. The number of methoxy groups -OCH3 is 1. The molecule has 0 saturated carbocycles.